The third kappa shape index (κ3) is 5.23. The Balaban J connectivity index is 3.43. The molecule has 0 spiro atoms. The van der Waals surface area contributed by atoms with Crippen LogP contribution in [-0.2, 0) is 0 Å². The van der Waals surface area contributed by atoms with E-state index in [-0.39, 0.29) is 0 Å². The molecule has 0 saturated heterocycles. The molecule has 0 unspecified atom stereocenters. The highest BCUT2D eigenvalue weighted by molar-refractivity contribution is 9.09. The predicted molar refractivity (Wildman–Crippen MR) is 47.5 cm³/mol. The summed E-state index contributed by atoms with van der Waals surface area (Å²) in [4.78, 5) is 0. The summed E-state index contributed by atoms with van der Waals surface area (Å²) in [5.74, 6) is 0.778. The van der Waals surface area contributed by atoms with Gasteiger partial charge in [-0.25, -0.2) is 0 Å². The highest BCUT2D eigenvalue weighted by Crippen LogP contribution is 2.25. The molecule has 0 atom stereocenters. The van der Waals surface area contributed by atoms with Gasteiger partial charge in [0.1, 0.15) is 0 Å². The fourth-order valence-electron chi connectivity index (χ4n) is 0.637. The van der Waals surface area contributed by atoms with Gasteiger partial charge in [-0.3, -0.25) is 0 Å². The lowest BCUT2D eigenvalue weighted by Gasteiger charge is -2.21. The molecule has 0 aromatic heterocycles. The molecule has 0 aliphatic rings. The van der Waals surface area contributed by atoms with E-state index in [9.17, 15) is 0 Å². The van der Waals surface area contributed by atoms with Gasteiger partial charge in [0, 0.05) is 11.2 Å². The molecule has 0 amide bonds. The fourth-order valence-corrected chi connectivity index (χ4v) is 2.22. The molecular formula is C7H14BrCl. The summed E-state index contributed by atoms with van der Waals surface area (Å²) in [6, 6.07) is 0. The van der Waals surface area contributed by atoms with Crippen LogP contribution < -0.4 is 0 Å². The van der Waals surface area contributed by atoms with E-state index >= 15 is 0 Å². The lowest BCUT2D eigenvalue weighted by molar-refractivity contribution is 0.344. The summed E-state index contributed by atoms with van der Waals surface area (Å²) in [6.45, 7) is 4.49. The van der Waals surface area contributed by atoms with Crippen molar-refractivity contribution in [3.8, 4) is 0 Å². The Morgan fingerprint density at radius 2 is 1.89 bits per heavy atom. The van der Waals surface area contributed by atoms with Crippen molar-refractivity contribution in [2.24, 2.45) is 5.41 Å². The van der Waals surface area contributed by atoms with Crippen molar-refractivity contribution >= 4 is 27.5 Å². The van der Waals surface area contributed by atoms with Crippen LogP contribution >= 0.6 is 27.5 Å². The zero-order valence-corrected chi connectivity index (χ0v) is 8.43. The summed E-state index contributed by atoms with van der Waals surface area (Å²) in [7, 11) is 0. The molecule has 56 valence electrons. The van der Waals surface area contributed by atoms with Crippen LogP contribution in [0, 0.1) is 5.41 Å². The van der Waals surface area contributed by atoms with Crippen molar-refractivity contribution in [1.82, 2.24) is 0 Å². The van der Waals surface area contributed by atoms with Gasteiger partial charge < -0.3 is 0 Å². The van der Waals surface area contributed by atoms with Gasteiger partial charge in [0.2, 0.25) is 0 Å². The number of hydrogen-bond acceptors (Lipinski definition) is 0. The van der Waals surface area contributed by atoms with Crippen LogP contribution in [0.1, 0.15) is 26.7 Å². The van der Waals surface area contributed by atoms with Crippen LogP contribution in [0.3, 0.4) is 0 Å². The Labute approximate surface area is 71.1 Å². The average Bonchev–Trinajstić information content (AvgIpc) is 1.64. The van der Waals surface area contributed by atoms with E-state index in [1.165, 1.54) is 6.42 Å². The van der Waals surface area contributed by atoms with Crippen molar-refractivity contribution in [2.45, 2.75) is 26.7 Å². The standard InChI is InChI=1S/C7H14BrCl/c1-7(2,3-5-8)4-6-9/h3-6H2,1-2H3. The molecule has 0 bridgehead atoms. The van der Waals surface area contributed by atoms with Gasteiger partial charge in [0.25, 0.3) is 0 Å². The lowest BCUT2D eigenvalue weighted by Crippen LogP contribution is -2.12. The first kappa shape index (κ1) is 9.77. The molecule has 9 heavy (non-hydrogen) atoms. The molecule has 0 aliphatic carbocycles. The monoisotopic (exact) mass is 212 g/mol. The maximum atomic E-state index is 5.61. The van der Waals surface area contributed by atoms with Crippen molar-refractivity contribution in [3.63, 3.8) is 0 Å². The molecule has 0 saturated carbocycles. The smallest absolute Gasteiger partial charge is 0.0228 e. The van der Waals surface area contributed by atoms with Gasteiger partial charge >= 0.3 is 0 Å². The normalized spacial score (nSPS) is 12.0. The maximum absolute atomic E-state index is 5.61. The number of alkyl halides is 2. The summed E-state index contributed by atoms with van der Waals surface area (Å²) in [5.41, 5.74) is 0.422. The highest BCUT2D eigenvalue weighted by Gasteiger charge is 2.14. The van der Waals surface area contributed by atoms with Gasteiger partial charge in [-0.1, -0.05) is 29.8 Å². The second kappa shape index (κ2) is 4.56. The van der Waals surface area contributed by atoms with E-state index in [0.717, 1.165) is 17.6 Å². The molecule has 2 heteroatoms. The summed E-state index contributed by atoms with van der Waals surface area (Å²) in [6.07, 6.45) is 2.32. The Bertz CT molecular complexity index is 63.3. The van der Waals surface area contributed by atoms with Crippen LogP contribution in [0.25, 0.3) is 0 Å². The zero-order chi connectivity index (χ0) is 7.33. The summed E-state index contributed by atoms with van der Waals surface area (Å²) >= 11 is 9.02. The van der Waals surface area contributed by atoms with E-state index < -0.39 is 0 Å². The van der Waals surface area contributed by atoms with E-state index in [1.54, 1.807) is 0 Å². The Hall–Kier alpha value is 0.770. The van der Waals surface area contributed by atoms with E-state index in [0.29, 0.717) is 5.41 Å². The van der Waals surface area contributed by atoms with Crippen molar-refractivity contribution < 1.29 is 0 Å². The minimum absolute atomic E-state index is 0.422. The van der Waals surface area contributed by atoms with Gasteiger partial charge in [-0.2, -0.15) is 0 Å². The van der Waals surface area contributed by atoms with Crippen LogP contribution in [0.15, 0.2) is 0 Å². The number of rotatable bonds is 4. The maximum Gasteiger partial charge on any atom is 0.0228 e. The fraction of sp³-hybridized carbons (Fsp3) is 1.00. The topological polar surface area (TPSA) is 0 Å². The molecule has 0 aliphatic heterocycles. The third-order valence-electron chi connectivity index (χ3n) is 1.54. The van der Waals surface area contributed by atoms with Gasteiger partial charge in [-0.15, -0.1) is 11.6 Å². The molecule has 0 radical (unpaired) electrons. The first-order valence-electron chi connectivity index (χ1n) is 3.24. The first-order valence-corrected chi connectivity index (χ1v) is 4.90. The van der Waals surface area contributed by atoms with Crippen LogP contribution in [0.5, 0.6) is 0 Å². The largest absolute Gasteiger partial charge is 0.127 e. The van der Waals surface area contributed by atoms with Crippen molar-refractivity contribution in [3.05, 3.63) is 0 Å². The molecule has 0 heterocycles. The molecule has 0 aromatic rings. The Kier molecular flexibility index (Phi) is 4.96. The van der Waals surface area contributed by atoms with E-state index in [1.807, 2.05) is 0 Å². The summed E-state index contributed by atoms with van der Waals surface area (Å²) in [5, 5.41) is 1.08. The predicted octanol–water partition coefficient (Wildman–Crippen LogP) is 3.43. The first-order chi connectivity index (χ1) is 4.12. The van der Waals surface area contributed by atoms with E-state index in [4.69, 9.17) is 11.6 Å². The molecular weight excluding hydrogens is 199 g/mol. The lowest BCUT2D eigenvalue weighted by atomic mass is 9.87. The molecule has 0 fully saturated rings. The third-order valence-corrected chi connectivity index (χ3v) is 2.13. The van der Waals surface area contributed by atoms with Crippen LogP contribution in [0.4, 0.5) is 0 Å². The Morgan fingerprint density at radius 3 is 2.22 bits per heavy atom. The average molecular weight is 214 g/mol. The Morgan fingerprint density at radius 1 is 1.33 bits per heavy atom. The van der Waals surface area contributed by atoms with Gasteiger partial charge in [-0.05, 0) is 18.3 Å². The SMILES string of the molecule is CC(C)(CCCl)CCBr. The van der Waals surface area contributed by atoms with E-state index in [2.05, 4.69) is 29.8 Å². The van der Waals surface area contributed by atoms with Crippen LogP contribution in [0.2, 0.25) is 0 Å². The number of hydrogen-bond donors (Lipinski definition) is 0. The van der Waals surface area contributed by atoms with Crippen LogP contribution in [-0.4, -0.2) is 11.2 Å². The molecule has 0 nitrogen and oxygen atoms in total. The van der Waals surface area contributed by atoms with Crippen molar-refractivity contribution in [1.29, 1.82) is 0 Å². The summed E-state index contributed by atoms with van der Waals surface area (Å²) < 4.78 is 0. The minimum atomic E-state index is 0.422. The van der Waals surface area contributed by atoms with Gasteiger partial charge in [0.15, 0.2) is 0 Å². The highest BCUT2D eigenvalue weighted by atomic mass is 79.9. The van der Waals surface area contributed by atoms with Crippen molar-refractivity contribution in [2.75, 3.05) is 11.2 Å². The second-order valence-electron chi connectivity index (χ2n) is 3.04. The molecule has 0 rings (SSSR count). The zero-order valence-electron chi connectivity index (χ0n) is 6.08. The van der Waals surface area contributed by atoms with Gasteiger partial charge in [0.05, 0.1) is 0 Å². The second-order valence-corrected chi connectivity index (χ2v) is 4.21. The quantitative estimate of drug-likeness (QED) is 0.628. The minimum Gasteiger partial charge on any atom is -0.127 e. The number of halogens is 2. The molecule has 0 aromatic carbocycles. The molecule has 0 N–H and O–H groups in total.